The second-order valence-corrected chi connectivity index (χ2v) is 7.21. The number of anilines is 1. The van der Waals surface area contributed by atoms with Crippen LogP contribution < -0.4 is 5.73 Å². The quantitative estimate of drug-likeness (QED) is 0.753. The third-order valence-electron chi connectivity index (χ3n) is 5.18. The van der Waals surface area contributed by atoms with Gasteiger partial charge < -0.3 is 5.73 Å². The van der Waals surface area contributed by atoms with E-state index < -0.39 is 0 Å². The van der Waals surface area contributed by atoms with Crippen molar-refractivity contribution in [1.29, 1.82) is 0 Å². The molecule has 1 unspecified atom stereocenters. The number of benzene rings is 2. The summed E-state index contributed by atoms with van der Waals surface area (Å²) in [5.41, 5.74) is 14.7. The molecule has 2 nitrogen and oxygen atoms in total. The summed E-state index contributed by atoms with van der Waals surface area (Å²) in [6.45, 7) is 6.72. The summed E-state index contributed by atoms with van der Waals surface area (Å²) in [4.78, 5) is 4.55. The molecule has 0 fully saturated rings. The van der Waals surface area contributed by atoms with Crippen LogP contribution in [0.25, 0.3) is 16.7 Å². The van der Waals surface area contributed by atoms with E-state index in [1.54, 1.807) is 0 Å². The van der Waals surface area contributed by atoms with Crippen LogP contribution in [-0.4, -0.2) is 12.3 Å². The smallest absolute Gasteiger partial charge is 0.0506 e. The molecule has 2 N–H and O–H groups in total. The first-order valence-electron chi connectivity index (χ1n) is 8.25. The van der Waals surface area contributed by atoms with Gasteiger partial charge in [-0.25, -0.2) is 0 Å². The Bertz CT molecular complexity index is 856. The van der Waals surface area contributed by atoms with Crippen LogP contribution in [0.15, 0.2) is 47.5 Å². The highest BCUT2D eigenvalue weighted by Crippen LogP contribution is 2.49. The van der Waals surface area contributed by atoms with E-state index in [0.29, 0.717) is 6.04 Å². The molecular weight excluding hydrogens is 280 g/mol. The van der Waals surface area contributed by atoms with Gasteiger partial charge in [0.1, 0.15) is 0 Å². The average Bonchev–Trinajstić information content (AvgIpc) is 2.75. The molecule has 116 valence electrons. The summed E-state index contributed by atoms with van der Waals surface area (Å²) < 4.78 is 0. The molecule has 1 atom stereocenters. The molecule has 0 aromatic heterocycles. The lowest BCUT2D eigenvalue weighted by Crippen LogP contribution is -2.15. The molecule has 1 aliphatic heterocycles. The van der Waals surface area contributed by atoms with Gasteiger partial charge >= 0.3 is 0 Å². The van der Waals surface area contributed by atoms with Crippen LogP contribution in [0.5, 0.6) is 0 Å². The highest BCUT2D eigenvalue weighted by Gasteiger charge is 2.35. The number of fused-ring (bicyclic) bond motifs is 3. The number of aliphatic imine (C=N–C) groups is 1. The van der Waals surface area contributed by atoms with E-state index in [9.17, 15) is 0 Å². The first kappa shape index (κ1) is 14.3. The standard InChI is InChI=1S/C21H22N2/c1-13-4-5-15(12-23-13)14-6-8-19-17(10-14)18-11-16(22)7-9-20(18)21(19,2)3/h5-13H,4,22H2,1-3H3. The zero-order valence-electron chi connectivity index (χ0n) is 13.9. The van der Waals surface area contributed by atoms with Crippen molar-refractivity contribution in [3.8, 4) is 11.1 Å². The Morgan fingerprint density at radius 1 is 1.04 bits per heavy atom. The van der Waals surface area contributed by atoms with Crippen molar-refractivity contribution in [2.75, 3.05) is 5.73 Å². The summed E-state index contributed by atoms with van der Waals surface area (Å²) in [5, 5.41) is 0. The Morgan fingerprint density at radius 2 is 1.74 bits per heavy atom. The third-order valence-corrected chi connectivity index (χ3v) is 5.18. The molecular formula is C21H22N2. The van der Waals surface area contributed by atoms with E-state index in [0.717, 1.165) is 12.1 Å². The summed E-state index contributed by atoms with van der Waals surface area (Å²) >= 11 is 0. The number of dihydropyridines is 1. The summed E-state index contributed by atoms with van der Waals surface area (Å²) in [6.07, 6.45) is 5.31. The first-order valence-corrected chi connectivity index (χ1v) is 8.25. The number of nitrogen functional groups attached to an aromatic ring is 1. The molecule has 1 heterocycles. The van der Waals surface area contributed by atoms with Crippen molar-refractivity contribution in [3.63, 3.8) is 0 Å². The number of nitrogens with zero attached hydrogens (tertiary/aromatic N) is 1. The molecule has 0 spiro atoms. The maximum Gasteiger partial charge on any atom is 0.0506 e. The maximum atomic E-state index is 6.04. The van der Waals surface area contributed by atoms with Crippen LogP contribution in [0.4, 0.5) is 5.69 Å². The number of allylic oxidation sites excluding steroid dienone is 1. The highest BCUT2D eigenvalue weighted by molar-refractivity contribution is 6.11. The normalized spacial score (nSPS) is 20.8. The fourth-order valence-electron chi connectivity index (χ4n) is 3.78. The molecule has 4 rings (SSSR count). The highest BCUT2D eigenvalue weighted by atomic mass is 14.8. The van der Waals surface area contributed by atoms with Gasteiger partial charge in [0.2, 0.25) is 0 Å². The van der Waals surface area contributed by atoms with Gasteiger partial charge in [-0.1, -0.05) is 38.1 Å². The monoisotopic (exact) mass is 302 g/mol. The Morgan fingerprint density at radius 3 is 2.43 bits per heavy atom. The van der Waals surface area contributed by atoms with Crippen molar-refractivity contribution in [2.24, 2.45) is 4.99 Å². The van der Waals surface area contributed by atoms with Crippen LogP contribution in [0.1, 0.15) is 43.9 Å². The van der Waals surface area contributed by atoms with Crippen molar-refractivity contribution in [1.82, 2.24) is 0 Å². The lowest BCUT2D eigenvalue weighted by molar-refractivity contribution is 0.660. The van der Waals surface area contributed by atoms with E-state index in [1.807, 2.05) is 12.3 Å². The minimum atomic E-state index is 0.0282. The zero-order valence-corrected chi connectivity index (χ0v) is 13.9. The molecule has 23 heavy (non-hydrogen) atoms. The van der Waals surface area contributed by atoms with E-state index in [1.165, 1.54) is 33.4 Å². The van der Waals surface area contributed by atoms with E-state index in [2.05, 4.69) is 62.2 Å². The largest absolute Gasteiger partial charge is 0.399 e. The Hall–Kier alpha value is -2.35. The lowest BCUT2D eigenvalue weighted by Gasteiger charge is -2.21. The number of rotatable bonds is 1. The van der Waals surface area contributed by atoms with Crippen molar-refractivity contribution < 1.29 is 0 Å². The van der Waals surface area contributed by atoms with Gasteiger partial charge in [-0.05, 0) is 64.9 Å². The summed E-state index contributed by atoms with van der Waals surface area (Å²) in [5.74, 6) is 0. The van der Waals surface area contributed by atoms with Gasteiger partial charge in [0, 0.05) is 17.3 Å². The van der Waals surface area contributed by atoms with E-state index in [4.69, 9.17) is 5.73 Å². The molecule has 0 saturated carbocycles. The third kappa shape index (κ3) is 2.13. The number of hydrogen-bond acceptors (Lipinski definition) is 2. The molecule has 0 amide bonds. The molecule has 0 radical (unpaired) electrons. The molecule has 2 heteroatoms. The second kappa shape index (κ2) is 4.82. The van der Waals surface area contributed by atoms with Crippen LogP contribution in [0.3, 0.4) is 0 Å². The molecule has 2 aromatic carbocycles. The fourth-order valence-corrected chi connectivity index (χ4v) is 3.78. The molecule has 0 bridgehead atoms. The van der Waals surface area contributed by atoms with Gasteiger partial charge in [-0.3, -0.25) is 4.99 Å². The molecule has 2 aliphatic rings. The van der Waals surface area contributed by atoms with Gasteiger partial charge in [0.15, 0.2) is 0 Å². The summed E-state index contributed by atoms with van der Waals surface area (Å²) in [6, 6.07) is 13.5. The van der Waals surface area contributed by atoms with Crippen LogP contribution in [0.2, 0.25) is 0 Å². The predicted octanol–water partition coefficient (Wildman–Crippen LogP) is 4.82. The van der Waals surface area contributed by atoms with Crippen molar-refractivity contribution in [3.05, 3.63) is 59.2 Å². The molecule has 1 aliphatic carbocycles. The van der Waals surface area contributed by atoms with E-state index in [-0.39, 0.29) is 5.41 Å². The minimum Gasteiger partial charge on any atom is -0.399 e. The van der Waals surface area contributed by atoms with Crippen LogP contribution in [-0.2, 0) is 5.41 Å². The van der Waals surface area contributed by atoms with Crippen LogP contribution in [0, 0.1) is 0 Å². The first-order chi connectivity index (χ1) is 11.0. The SMILES string of the molecule is CC1CC=C(c2ccc3c(c2)-c2cc(N)ccc2C3(C)C)C=N1. The van der Waals surface area contributed by atoms with Crippen molar-refractivity contribution >= 4 is 17.5 Å². The lowest BCUT2D eigenvalue weighted by atomic mass is 9.82. The summed E-state index contributed by atoms with van der Waals surface area (Å²) in [7, 11) is 0. The second-order valence-electron chi connectivity index (χ2n) is 7.21. The predicted molar refractivity (Wildman–Crippen MR) is 99.0 cm³/mol. The van der Waals surface area contributed by atoms with Gasteiger partial charge in [0.25, 0.3) is 0 Å². The molecule has 2 aromatic rings. The Balaban J connectivity index is 1.88. The number of hydrogen-bond donors (Lipinski definition) is 1. The minimum absolute atomic E-state index is 0.0282. The zero-order chi connectivity index (χ0) is 16.2. The average molecular weight is 302 g/mol. The Labute approximate surface area is 137 Å². The maximum absolute atomic E-state index is 6.04. The van der Waals surface area contributed by atoms with Gasteiger partial charge in [-0.2, -0.15) is 0 Å². The van der Waals surface area contributed by atoms with Gasteiger partial charge in [-0.15, -0.1) is 0 Å². The number of nitrogens with two attached hydrogens (primary N) is 1. The van der Waals surface area contributed by atoms with Gasteiger partial charge in [0.05, 0.1) is 6.04 Å². The van der Waals surface area contributed by atoms with Crippen LogP contribution >= 0.6 is 0 Å². The van der Waals surface area contributed by atoms with E-state index >= 15 is 0 Å². The Kier molecular flexibility index (Phi) is 2.99. The fraction of sp³-hybridized carbons (Fsp3) is 0.286. The topological polar surface area (TPSA) is 38.4 Å². The van der Waals surface area contributed by atoms with Crippen molar-refractivity contribution in [2.45, 2.75) is 38.6 Å². The molecule has 0 saturated heterocycles.